The SMILES string of the molecule is CCOC(=O)C1=C(C)N=c2s/c(=C/c3ccc(OC(=O)c4ccccc4Cl)cc3)c(=O)n2C1c1ccccc1. The van der Waals surface area contributed by atoms with Crippen molar-refractivity contribution in [3.63, 3.8) is 0 Å². The van der Waals surface area contributed by atoms with E-state index >= 15 is 0 Å². The van der Waals surface area contributed by atoms with Crippen LogP contribution in [0.1, 0.15) is 41.4 Å². The zero-order chi connectivity index (χ0) is 27.5. The van der Waals surface area contributed by atoms with Crippen molar-refractivity contribution in [2.75, 3.05) is 6.61 Å². The molecular formula is C30H23ClN2O5S. The number of carbonyl (C=O) groups is 2. The van der Waals surface area contributed by atoms with Crippen molar-refractivity contribution in [1.29, 1.82) is 0 Å². The summed E-state index contributed by atoms with van der Waals surface area (Å²) in [5.41, 5.74) is 2.37. The number of thiazole rings is 1. The van der Waals surface area contributed by atoms with Crippen LogP contribution < -0.4 is 19.6 Å². The minimum absolute atomic E-state index is 0.214. The third-order valence-electron chi connectivity index (χ3n) is 6.11. The predicted molar refractivity (Wildman–Crippen MR) is 150 cm³/mol. The van der Waals surface area contributed by atoms with E-state index in [1.54, 1.807) is 73.0 Å². The summed E-state index contributed by atoms with van der Waals surface area (Å²) in [4.78, 5) is 44.1. The van der Waals surface area contributed by atoms with Gasteiger partial charge in [-0.15, -0.1) is 0 Å². The molecule has 1 aliphatic rings. The van der Waals surface area contributed by atoms with E-state index in [0.717, 1.165) is 11.1 Å². The first-order chi connectivity index (χ1) is 18.9. The second-order valence-electron chi connectivity index (χ2n) is 8.65. The van der Waals surface area contributed by atoms with Crippen molar-refractivity contribution >= 4 is 41.0 Å². The summed E-state index contributed by atoms with van der Waals surface area (Å²) >= 11 is 7.33. The zero-order valence-electron chi connectivity index (χ0n) is 21.1. The number of aromatic nitrogens is 1. The summed E-state index contributed by atoms with van der Waals surface area (Å²) in [5.74, 6) is -0.712. The van der Waals surface area contributed by atoms with Gasteiger partial charge in [-0.2, -0.15) is 0 Å². The Balaban J connectivity index is 1.50. The molecule has 1 atom stereocenters. The number of rotatable bonds is 6. The molecule has 0 aliphatic carbocycles. The van der Waals surface area contributed by atoms with Gasteiger partial charge in [0.05, 0.1) is 39.0 Å². The van der Waals surface area contributed by atoms with Crippen LogP contribution >= 0.6 is 22.9 Å². The van der Waals surface area contributed by atoms with Crippen molar-refractivity contribution in [3.05, 3.63) is 132 Å². The molecule has 1 aliphatic heterocycles. The van der Waals surface area contributed by atoms with Crippen LogP contribution in [0.5, 0.6) is 5.75 Å². The average molecular weight is 559 g/mol. The smallest absolute Gasteiger partial charge is 0.345 e. The number of esters is 2. The highest BCUT2D eigenvalue weighted by Crippen LogP contribution is 2.30. The van der Waals surface area contributed by atoms with Crippen molar-refractivity contribution in [3.8, 4) is 5.75 Å². The second-order valence-corrected chi connectivity index (χ2v) is 10.1. The van der Waals surface area contributed by atoms with E-state index in [2.05, 4.69) is 4.99 Å². The number of hydrogen-bond acceptors (Lipinski definition) is 7. The Morgan fingerprint density at radius 1 is 1.00 bits per heavy atom. The zero-order valence-corrected chi connectivity index (χ0v) is 22.7. The lowest BCUT2D eigenvalue weighted by atomic mass is 9.96. The molecule has 0 saturated carbocycles. The number of fused-ring (bicyclic) bond motifs is 1. The fraction of sp³-hybridized carbons (Fsp3) is 0.133. The Hall–Kier alpha value is -4.27. The first-order valence-electron chi connectivity index (χ1n) is 12.2. The lowest BCUT2D eigenvalue weighted by Gasteiger charge is -2.24. The molecule has 0 amide bonds. The van der Waals surface area contributed by atoms with Crippen molar-refractivity contribution in [1.82, 2.24) is 4.57 Å². The number of halogens is 1. The van der Waals surface area contributed by atoms with Gasteiger partial charge in [0, 0.05) is 0 Å². The van der Waals surface area contributed by atoms with E-state index in [-0.39, 0.29) is 17.7 Å². The second kappa shape index (κ2) is 11.2. The average Bonchev–Trinajstić information content (AvgIpc) is 3.23. The largest absolute Gasteiger partial charge is 0.463 e. The molecule has 39 heavy (non-hydrogen) atoms. The third kappa shape index (κ3) is 5.34. The first kappa shape index (κ1) is 26.3. The Morgan fingerprint density at radius 3 is 2.38 bits per heavy atom. The fourth-order valence-corrected chi connectivity index (χ4v) is 5.57. The minimum Gasteiger partial charge on any atom is -0.463 e. The summed E-state index contributed by atoms with van der Waals surface area (Å²) in [5, 5.41) is 0.310. The molecule has 4 aromatic rings. The minimum atomic E-state index is -0.657. The van der Waals surface area contributed by atoms with Crippen LogP contribution in [0.15, 0.2) is 99.9 Å². The summed E-state index contributed by atoms with van der Waals surface area (Å²) in [6.45, 7) is 3.71. The van der Waals surface area contributed by atoms with Gasteiger partial charge in [-0.05, 0) is 55.3 Å². The monoisotopic (exact) mass is 558 g/mol. The Kier molecular flexibility index (Phi) is 7.58. The topological polar surface area (TPSA) is 87.0 Å². The molecule has 2 heterocycles. The Labute approximate surface area is 232 Å². The first-order valence-corrected chi connectivity index (χ1v) is 13.4. The van der Waals surface area contributed by atoms with E-state index in [9.17, 15) is 14.4 Å². The van der Waals surface area contributed by atoms with Gasteiger partial charge in [0.2, 0.25) is 0 Å². The molecule has 0 fully saturated rings. The Bertz CT molecular complexity index is 1770. The van der Waals surface area contributed by atoms with Gasteiger partial charge < -0.3 is 9.47 Å². The van der Waals surface area contributed by atoms with Crippen molar-refractivity contribution in [2.45, 2.75) is 19.9 Å². The number of nitrogens with zero attached hydrogens (tertiary/aromatic N) is 2. The quantitative estimate of drug-likeness (QED) is 0.253. The van der Waals surface area contributed by atoms with Gasteiger partial charge in [-0.3, -0.25) is 9.36 Å². The molecule has 0 radical (unpaired) electrons. The van der Waals surface area contributed by atoms with E-state index in [4.69, 9.17) is 21.1 Å². The molecule has 9 heteroatoms. The van der Waals surface area contributed by atoms with Crippen LogP contribution in [-0.4, -0.2) is 23.1 Å². The van der Waals surface area contributed by atoms with Gasteiger partial charge >= 0.3 is 11.9 Å². The Morgan fingerprint density at radius 2 is 1.69 bits per heavy atom. The maximum atomic E-state index is 13.7. The summed E-state index contributed by atoms with van der Waals surface area (Å²) in [7, 11) is 0. The van der Waals surface area contributed by atoms with Crippen LogP contribution in [0.2, 0.25) is 5.02 Å². The van der Waals surface area contributed by atoms with Crippen molar-refractivity contribution in [2.24, 2.45) is 4.99 Å². The molecule has 5 rings (SSSR count). The number of benzene rings is 3. The molecule has 0 spiro atoms. The van der Waals surface area contributed by atoms with Gasteiger partial charge in [0.25, 0.3) is 5.56 Å². The van der Waals surface area contributed by atoms with Gasteiger partial charge in [-0.1, -0.05) is 77.5 Å². The number of carbonyl (C=O) groups excluding carboxylic acids is 2. The molecule has 0 N–H and O–H groups in total. The number of ether oxygens (including phenoxy) is 2. The highest BCUT2D eigenvalue weighted by molar-refractivity contribution is 7.07. The number of hydrogen-bond donors (Lipinski definition) is 0. The number of allylic oxidation sites excluding steroid dienone is 1. The maximum Gasteiger partial charge on any atom is 0.345 e. The molecule has 3 aromatic carbocycles. The molecule has 1 aromatic heterocycles. The predicted octanol–water partition coefficient (Wildman–Crippen LogP) is 4.67. The van der Waals surface area contributed by atoms with Crippen LogP contribution in [0.25, 0.3) is 6.08 Å². The van der Waals surface area contributed by atoms with Gasteiger partial charge in [0.15, 0.2) is 4.80 Å². The third-order valence-corrected chi connectivity index (χ3v) is 7.43. The van der Waals surface area contributed by atoms with Crippen LogP contribution in [0.3, 0.4) is 0 Å². The lowest BCUT2D eigenvalue weighted by Crippen LogP contribution is -2.39. The van der Waals surface area contributed by atoms with Crippen LogP contribution in [0.4, 0.5) is 0 Å². The lowest BCUT2D eigenvalue weighted by molar-refractivity contribution is -0.139. The maximum absolute atomic E-state index is 13.7. The van der Waals surface area contributed by atoms with E-state index in [0.29, 0.717) is 31.4 Å². The highest BCUT2D eigenvalue weighted by Gasteiger charge is 2.33. The molecular weight excluding hydrogens is 536 g/mol. The van der Waals surface area contributed by atoms with Crippen molar-refractivity contribution < 1.29 is 19.1 Å². The summed E-state index contributed by atoms with van der Waals surface area (Å²) in [6, 6.07) is 22.2. The van der Waals surface area contributed by atoms with Crippen LogP contribution in [-0.2, 0) is 9.53 Å². The van der Waals surface area contributed by atoms with E-state index in [1.807, 2.05) is 30.3 Å². The van der Waals surface area contributed by atoms with E-state index < -0.39 is 18.0 Å². The molecule has 1 unspecified atom stereocenters. The molecule has 196 valence electrons. The van der Waals surface area contributed by atoms with E-state index in [1.165, 1.54) is 11.3 Å². The fourth-order valence-electron chi connectivity index (χ4n) is 4.31. The summed E-state index contributed by atoms with van der Waals surface area (Å²) in [6.07, 6.45) is 1.74. The molecule has 0 saturated heterocycles. The normalized spacial score (nSPS) is 14.9. The molecule has 0 bridgehead atoms. The highest BCUT2D eigenvalue weighted by atomic mass is 35.5. The van der Waals surface area contributed by atoms with Gasteiger partial charge in [-0.25, -0.2) is 14.6 Å². The van der Waals surface area contributed by atoms with Crippen LogP contribution in [0, 0.1) is 0 Å². The standard InChI is InChI=1S/C30H23ClN2O5S/c1-3-37-29(36)25-18(2)32-30-33(26(25)20-9-5-4-6-10-20)27(34)24(39-30)17-19-13-15-21(16-14-19)38-28(35)22-11-7-8-12-23(22)31/h4-17,26H,3H2,1-2H3/b24-17+. The van der Waals surface area contributed by atoms with Gasteiger partial charge in [0.1, 0.15) is 5.75 Å². The molecule has 7 nitrogen and oxygen atoms in total. The summed E-state index contributed by atoms with van der Waals surface area (Å²) < 4.78 is 12.8.